The third-order valence-electron chi connectivity index (χ3n) is 3.55. The van der Waals surface area contributed by atoms with Crippen molar-refractivity contribution in [1.29, 1.82) is 0 Å². The van der Waals surface area contributed by atoms with Crippen molar-refractivity contribution in [2.75, 3.05) is 5.32 Å². The number of benzene rings is 1. The summed E-state index contributed by atoms with van der Waals surface area (Å²) in [5, 5.41) is 23.1. The van der Waals surface area contributed by atoms with Crippen LogP contribution in [0.4, 0.5) is 11.4 Å². The van der Waals surface area contributed by atoms with E-state index in [9.17, 15) is 20.0 Å². The molecule has 1 aliphatic rings. The van der Waals surface area contributed by atoms with Gasteiger partial charge in [0.2, 0.25) is 5.91 Å². The number of hydrogen-bond acceptors (Lipinski definition) is 5. The molecule has 7 nitrogen and oxygen atoms in total. The number of nitro groups is 1. The van der Waals surface area contributed by atoms with Gasteiger partial charge in [-0.1, -0.05) is 12.5 Å². The molecule has 2 rings (SSSR count). The fourth-order valence-electron chi connectivity index (χ4n) is 2.50. The summed E-state index contributed by atoms with van der Waals surface area (Å²) < 4.78 is 0. The van der Waals surface area contributed by atoms with E-state index in [0.717, 1.165) is 12.8 Å². The quantitative estimate of drug-likeness (QED) is 0.442. The summed E-state index contributed by atoms with van der Waals surface area (Å²) in [6, 6.07) is 3.88. The molecule has 1 aromatic rings. The Morgan fingerprint density at radius 1 is 1.45 bits per heavy atom. The van der Waals surface area contributed by atoms with Crippen LogP contribution in [0.3, 0.4) is 0 Å². The van der Waals surface area contributed by atoms with Crippen molar-refractivity contribution in [3.05, 3.63) is 28.3 Å². The van der Waals surface area contributed by atoms with Crippen molar-refractivity contribution in [2.45, 2.75) is 31.7 Å². The van der Waals surface area contributed by atoms with Crippen molar-refractivity contribution >= 4 is 17.3 Å². The van der Waals surface area contributed by atoms with E-state index < -0.39 is 4.92 Å². The molecule has 1 amide bonds. The highest BCUT2D eigenvalue weighted by atomic mass is 16.6. The molecule has 0 aliphatic heterocycles. The van der Waals surface area contributed by atoms with E-state index in [1.165, 1.54) is 18.2 Å². The van der Waals surface area contributed by atoms with Gasteiger partial charge in [-0.2, -0.15) is 0 Å². The maximum absolute atomic E-state index is 12.1. The molecule has 4 N–H and O–H groups in total. The largest absolute Gasteiger partial charge is 0.505 e. The second-order valence-electron chi connectivity index (χ2n) is 5.04. The van der Waals surface area contributed by atoms with Crippen LogP contribution in [0.2, 0.25) is 0 Å². The first kappa shape index (κ1) is 14.3. The van der Waals surface area contributed by atoms with Crippen molar-refractivity contribution in [1.82, 2.24) is 0 Å². The Kier molecular flexibility index (Phi) is 4.19. The number of nitrogens with zero attached hydrogens (tertiary/aromatic N) is 1. The molecule has 108 valence electrons. The zero-order valence-electron chi connectivity index (χ0n) is 10.9. The predicted molar refractivity (Wildman–Crippen MR) is 73.3 cm³/mol. The number of amides is 1. The van der Waals surface area contributed by atoms with Gasteiger partial charge in [0.25, 0.3) is 5.69 Å². The average molecular weight is 279 g/mol. The number of rotatable bonds is 3. The fraction of sp³-hybridized carbons (Fsp3) is 0.462. The monoisotopic (exact) mass is 279 g/mol. The SMILES string of the molecule is NC1CCCC(C(=O)Nc2c(O)cccc2[N+](=O)[O-])C1. The number of phenols is 1. The van der Waals surface area contributed by atoms with Gasteiger partial charge in [0.15, 0.2) is 5.69 Å². The highest BCUT2D eigenvalue weighted by molar-refractivity contribution is 5.96. The third kappa shape index (κ3) is 3.05. The van der Waals surface area contributed by atoms with Gasteiger partial charge in [-0.15, -0.1) is 0 Å². The number of nitro benzene ring substituents is 1. The lowest BCUT2D eigenvalue weighted by atomic mass is 9.85. The smallest absolute Gasteiger partial charge is 0.296 e. The summed E-state index contributed by atoms with van der Waals surface area (Å²) in [5.74, 6) is -0.907. The number of nitrogens with two attached hydrogens (primary N) is 1. The molecule has 0 aromatic heterocycles. The van der Waals surface area contributed by atoms with Gasteiger partial charge in [0.1, 0.15) is 5.75 Å². The number of carbonyl (C=O) groups is 1. The Labute approximate surface area is 115 Å². The van der Waals surface area contributed by atoms with Crippen LogP contribution in [0.5, 0.6) is 5.75 Å². The average Bonchev–Trinajstić information content (AvgIpc) is 2.40. The van der Waals surface area contributed by atoms with E-state index >= 15 is 0 Å². The van der Waals surface area contributed by atoms with Crippen molar-refractivity contribution in [3.63, 3.8) is 0 Å². The summed E-state index contributed by atoms with van der Waals surface area (Å²) in [5.41, 5.74) is 5.35. The summed E-state index contributed by atoms with van der Waals surface area (Å²) in [6.45, 7) is 0. The minimum atomic E-state index is -0.637. The van der Waals surface area contributed by atoms with E-state index in [1.807, 2.05) is 0 Å². The lowest BCUT2D eigenvalue weighted by Crippen LogP contribution is -2.34. The maximum atomic E-state index is 12.1. The molecule has 7 heteroatoms. The molecule has 2 atom stereocenters. The Bertz CT molecular complexity index is 532. The van der Waals surface area contributed by atoms with Gasteiger partial charge in [0, 0.05) is 18.0 Å². The molecule has 0 saturated heterocycles. The highest BCUT2D eigenvalue weighted by Gasteiger charge is 2.28. The Morgan fingerprint density at radius 2 is 2.20 bits per heavy atom. The number of nitrogens with one attached hydrogen (secondary N) is 1. The molecule has 1 saturated carbocycles. The molecule has 1 aliphatic carbocycles. The van der Waals surface area contributed by atoms with Crippen LogP contribution in [0.15, 0.2) is 18.2 Å². The van der Waals surface area contributed by atoms with Gasteiger partial charge in [-0.3, -0.25) is 14.9 Å². The maximum Gasteiger partial charge on any atom is 0.296 e. The Balaban J connectivity index is 2.17. The van der Waals surface area contributed by atoms with Gasteiger partial charge in [-0.05, 0) is 25.3 Å². The van der Waals surface area contributed by atoms with Crippen LogP contribution in [-0.4, -0.2) is 22.0 Å². The van der Waals surface area contributed by atoms with E-state index in [4.69, 9.17) is 5.73 Å². The van der Waals surface area contributed by atoms with Crippen LogP contribution in [-0.2, 0) is 4.79 Å². The summed E-state index contributed by atoms with van der Waals surface area (Å²) in [7, 11) is 0. The van der Waals surface area contributed by atoms with Crippen molar-refractivity contribution < 1.29 is 14.8 Å². The molecule has 1 fully saturated rings. The van der Waals surface area contributed by atoms with Crippen LogP contribution >= 0.6 is 0 Å². The number of para-hydroxylation sites is 1. The molecular formula is C13H17N3O4. The number of hydrogen-bond donors (Lipinski definition) is 3. The Morgan fingerprint density at radius 3 is 2.85 bits per heavy atom. The lowest BCUT2D eigenvalue weighted by Gasteiger charge is -2.25. The van der Waals surface area contributed by atoms with E-state index in [1.54, 1.807) is 0 Å². The standard InChI is InChI=1S/C13H17N3O4/c14-9-4-1-3-8(7-9)13(18)15-12-10(16(19)20)5-2-6-11(12)17/h2,5-6,8-9,17H,1,3-4,7,14H2,(H,15,18). The number of aromatic hydroxyl groups is 1. The summed E-state index contributed by atoms with van der Waals surface area (Å²) in [4.78, 5) is 22.4. The van der Waals surface area contributed by atoms with Crippen molar-refractivity contribution in [3.8, 4) is 5.75 Å². The van der Waals surface area contributed by atoms with E-state index in [2.05, 4.69) is 5.32 Å². The molecule has 0 radical (unpaired) electrons. The first-order chi connectivity index (χ1) is 9.49. The summed E-state index contributed by atoms with van der Waals surface area (Å²) >= 11 is 0. The minimum Gasteiger partial charge on any atom is -0.505 e. The Hall–Kier alpha value is -2.15. The normalized spacial score (nSPS) is 22.2. The van der Waals surface area contributed by atoms with Crippen LogP contribution in [0.1, 0.15) is 25.7 Å². The molecular weight excluding hydrogens is 262 g/mol. The molecule has 20 heavy (non-hydrogen) atoms. The molecule has 0 heterocycles. The zero-order chi connectivity index (χ0) is 14.7. The number of phenolic OH excluding ortho intramolecular Hbond substituents is 1. The zero-order valence-corrected chi connectivity index (χ0v) is 10.9. The van der Waals surface area contributed by atoms with Gasteiger partial charge >= 0.3 is 0 Å². The lowest BCUT2D eigenvalue weighted by molar-refractivity contribution is -0.384. The topological polar surface area (TPSA) is 118 Å². The fourth-order valence-corrected chi connectivity index (χ4v) is 2.50. The van der Waals surface area contributed by atoms with Crippen molar-refractivity contribution in [2.24, 2.45) is 11.7 Å². The predicted octanol–water partition coefficient (Wildman–Crippen LogP) is 1.76. The van der Waals surface area contributed by atoms with Crippen LogP contribution in [0, 0.1) is 16.0 Å². The first-order valence-electron chi connectivity index (χ1n) is 6.52. The third-order valence-corrected chi connectivity index (χ3v) is 3.55. The van der Waals surface area contributed by atoms with E-state index in [0.29, 0.717) is 12.8 Å². The second kappa shape index (κ2) is 5.87. The molecule has 2 unspecified atom stereocenters. The van der Waals surface area contributed by atoms with E-state index in [-0.39, 0.29) is 35.0 Å². The molecule has 0 spiro atoms. The van der Waals surface area contributed by atoms with Gasteiger partial charge in [0.05, 0.1) is 4.92 Å². The molecule has 1 aromatic carbocycles. The van der Waals surface area contributed by atoms with Crippen LogP contribution in [0.25, 0.3) is 0 Å². The number of carbonyl (C=O) groups excluding carboxylic acids is 1. The minimum absolute atomic E-state index is 0.0149. The second-order valence-corrected chi connectivity index (χ2v) is 5.04. The van der Waals surface area contributed by atoms with Gasteiger partial charge in [-0.25, -0.2) is 0 Å². The molecule has 0 bridgehead atoms. The van der Waals surface area contributed by atoms with Gasteiger partial charge < -0.3 is 16.2 Å². The highest BCUT2D eigenvalue weighted by Crippen LogP contribution is 2.34. The van der Waals surface area contributed by atoms with Crippen LogP contribution < -0.4 is 11.1 Å². The number of anilines is 1. The summed E-state index contributed by atoms with van der Waals surface area (Å²) in [6.07, 6.45) is 3.02. The first-order valence-corrected chi connectivity index (χ1v) is 6.52.